The van der Waals surface area contributed by atoms with Crippen LogP contribution < -0.4 is 0 Å². The first-order valence-corrected chi connectivity index (χ1v) is 31.1. The lowest BCUT2D eigenvalue weighted by Gasteiger charge is -2.18. The summed E-state index contributed by atoms with van der Waals surface area (Å²) in [6.07, 6.45) is 74.1. The van der Waals surface area contributed by atoms with Crippen molar-refractivity contribution < 1.29 is 28.6 Å². The fourth-order valence-corrected chi connectivity index (χ4v) is 9.04. The van der Waals surface area contributed by atoms with Crippen molar-refractivity contribution in [2.24, 2.45) is 0 Å². The molecule has 6 heteroatoms. The molecule has 6 nitrogen and oxygen atoms in total. The zero-order valence-electron chi connectivity index (χ0n) is 47.5. The van der Waals surface area contributed by atoms with Crippen LogP contribution in [-0.4, -0.2) is 37.2 Å². The zero-order valence-corrected chi connectivity index (χ0v) is 47.5. The van der Waals surface area contributed by atoms with E-state index in [9.17, 15) is 14.4 Å². The summed E-state index contributed by atoms with van der Waals surface area (Å²) in [4.78, 5) is 38.1. The average Bonchev–Trinajstić information content (AvgIpc) is 3.37. The highest BCUT2D eigenvalue weighted by Gasteiger charge is 2.19. The molecule has 0 aliphatic heterocycles. The van der Waals surface area contributed by atoms with Gasteiger partial charge in [0.1, 0.15) is 13.2 Å². The van der Waals surface area contributed by atoms with Crippen LogP contribution in [0.3, 0.4) is 0 Å². The first-order chi connectivity index (χ1) is 35.0. The number of carbonyl (C=O) groups excluding carboxylic acids is 3. The fraction of sp³-hybridized carbons (Fsp3) is 0.831. The summed E-state index contributed by atoms with van der Waals surface area (Å²) in [5.74, 6) is -0.888. The van der Waals surface area contributed by atoms with Crippen LogP contribution in [0.15, 0.2) is 48.6 Å². The van der Waals surface area contributed by atoms with E-state index in [4.69, 9.17) is 14.2 Å². The van der Waals surface area contributed by atoms with E-state index in [1.165, 1.54) is 199 Å². The quantitative estimate of drug-likeness (QED) is 0.0261. The number of rotatable bonds is 57. The topological polar surface area (TPSA) is 78.9 Å². The second kappa shape index (κ2) is 59.9. The predicted octanol–water partition coefficient (Wildman–Crippen LogP) is 21.0. The number of carbonyl (C=O) groups is 3. The molecule has 0 saturated carbocycles. The molecule has 1 atom stereocenters. The molecule has 0 N–H and O–H groups in total. The second-order valence-electron chi connectivity index (χ2n) is 21.0. The van der Waals surface area contributed by atoms with Gasteiger partial charge in [-0.1, -0.05) is 262 Å². The first-order valence-electron chi connectivity index (χ1n) is 31.1. The zero-order chi connectivity index (χ0) is 51.4. The Hall–Kier alpha value is -2.63. The molecule has 414 valence electrons. The van der Waals surface area contributed by atoms with Gasteiger partial charge in [0.05, 0.1) is 0 Å². The molecule has 71 heavy (non-hydrogen) atoms. The molecule has 0 radical (unpaired) electrons. The molecule has 0 bridgehead atoms. The molecular formula is C65H118O6. The largest absolute Gasteiger partial charge is 0.462 e. The highest BCUT2D eigenvalue weighted by molar-refractivity contribution is 5.71. The Morgan fingerprint density at radius 3 is 0.859 bits per heavy atom. The number of esters is 3. The summed E-state index contributed by atoms with van der Waals surface area (Å²) in [5.41, 5.74) is 0. The SMILES string of the molecule is CCCC/C=C\C/C=C\CCCCCCCC(=O)OC(COC(=O)CCCCCCC/C=C\CCCCC)COC(=O)CCCCCCCCCCCCCCCCC/C=C\CCCCCCCCCC. The maximum atomic E-state index is 12.8. The van der Waals surface area contributed by atoms with Crippen LogP contribution in [0.2, 0.25) is 0 Å². The standard InChI is InChI=1S/C65H118O6/c1-4-7-10-13-16-19-22-25-27-28-29-30-31-32-33-34-35-36-37-38-39-41-43-46-49-52-55-58-64(67)70-61-62(60-69-63(66)57-54-51-48-45-42-24-21-18-15-12-9-6-3)71-65(68)59-56-53-50-47-44-40-26-23-20-17-14-11-8-5-2/h14,17-18,21,23,26,28-29,62H,4-13,15-16,19-20,22,24-25,27,30-61H2,1-3H3/b17-14-,21-18-,26-23-,29-28-. The maximum Gasteiger partial charge on any atom is 0.306 e. The molecule has 1 unspecified atom stereocenters. The van der Waals surface area contributed by atoms with Crippen molar-refractivity contribution in [2.45, 2.75) is 335 Å². The van der Waals surface area contributed by atoms with Crippen LogP contribution >= 0.6 is 0 Å². The van der Waals surface area contributed by atoms with Gasteiger partial charge in [-0.25, -0.2) is 0 Å². The van der Waals surface area contributed by atoms with Crippen molar-refractivity contribution in [2.75, 3.05) is 13.2 Å². The summed E-state index contributed by atoms with van der Waals surface area (Å²) in [6, 6.07) is 0. The third-order valence-corrected chi connectivity index (χ3v) is 13.8. The maximum absolute atomic E-state index is 12.8. The Morgan fingerprint density at radius 2 is 0.521 bits per heavy atom. The molecule has 0 heterocycles. The Kier molecular flexibility index (Phi) is 57.7. The molecular weight excluding hydrogens is 877 g/mol. The average molecular weight is 996 g/mol. The fourth-order valence-electron chi connectivity index (χ4n) is 9.04. The van der Waals surface area contributed by atoms with Gasteiger partial charge in [-0.2, -0.15) is 0 Å². The molecule has 0 aromatic carbocycles. The second-order valence-corrected chi connectivity index (χ2v) is 21.0. The summed E-state index contributed by atoms with van der Waals surface area (Å²) in [7, 11) is 0. The van der Waals surface area contributed by atoms with Gasteiger partial charge in [-0.3, -0.25) is 14.4 Å². The van der Waals surface area contributed by atoms with E-state index in [2.05, 4.69) is 69.4 Å². The lowest BCUT2D eigenvalue weighted by molar-refractivity contribution is -0.167. The lowest BCUT2D eigenvalue weighted by Crippen LogP contribution is -2.30. The summed E-state index contributed by atoms with van der Waals surface area (Å²) < 4.78 is 16.9. The first kappa shape index (κ1) is 68.4. The van der Waals surface area contributed by atoms with Crippen LogP contribution in [0, 0.1) is 0 Å². The Labute approximate surface area is 441 Å². The van der Waals surface area contributed by atoms with Gasteiger partial charge in [0.15, 0.2) is 6.10 Å². The predicted molar refractivity (Wildman–Crippen MR) is 307 cm³/mol. The number of allylic oxidation sites excluding steroid dienone is 8. The van der Waals surface area contributed by atoms with Crippen LogP contribution in [0.25, 0.3) is 0 Å². The molecule has 0 spiro atoms. The summed E-state index contributed by atoms with van der Waals surface area (Å²) in [5, 5.41) is 0. The van der Waals surface area contributed by atoms with Crippen molar-refractivity contribution in [1.82, 2.24) is 0 Å². The third kappa shape index (κ3) is 58.1. The Bertz CT molecular complexity index is 1230. The van der Waals surface area contributed by atoms with Gasteiger partial charge in [-0.15, -0.1) is 0 Å². The minimum atomic E-state index is -0.782. The lowest BCUT2D eigenvalue weighted by atomic mass is 10.0. The van der Waals surface area contributed by atoms with Crippen LogP contribution in [0.4, 0.5) is 0 Å². The molecule has 0 aromatic rings. The van der Waals surface area contributed by atoms with Crippen LogP contribution in [0.1, 0.15) is 329 Å². The van der Waals surface area contributed by atoms with Gasteiger partial charge < -0.3 is 14.2 Å². The van der Waals surface area contributed by atoms with E-state index in [-0.39, 0.29) is 31.1 Å². The highest BCUT2D eigenvalue weighted by atomic mass is 16.6. The van der Waals surface area contributed by atoms with Crippen LogP contribution in [-0.2, 0) is 28.6 Å². The number of hydrogen-bond acceptors (Lipinski definition) is 6. The summed E-state index contributed by atoms with van der Waals surface area (Å²) >= 11 is 0. The van der Waals surface area contributed by atoms with E-state index >= 15 is 0 Å². The molecule has 0 aliphatic rings. The minimum absolute atomic E-state index is 0.0791. The van der Waals surface area contributed by atoms with E-state index < -0.39 is 6.10 Å². The molecule has 0 amide bonds. The number of unbranched alkanes of at least 4 members (excludes halogenated alkanes) is 38. The van der Waals surface area contributed by atoms with Crippen LogP contribution in [0.5, 0.6) is 0 Å². The molecule has 0 rings (SSSR count). The van der Waals surface area contributed by atoms with E-state index in [0.717, 1.165) is 89.9 Å². The summed E-state index contributed by atoms with van der Waals surface area (Å²) in [6.45, 7) is 6.59. The highest BCUT2D eigenvalue weighted by Crippen LogP contribution is 2.17. The normalized spacial score (nSPS) is 12.3. The third-order valence-electron chi connectivity index (χ3n) is 13.8. The van der Waals surface area contributed by atoms with Crippen molar-refractivity contribution >= 4 is 17.9 Å². The molecule has 0 fully saturated rings. The van der Waals surface area contributed by atoms with Gasteiger partial charge in [0.25, 0.3) is 0 Å². The number of hydrogen-bond donors (Lipinski definition) is 0. The molecule has 0 aliphatic carbocycles. The Balaban J connectivity index is 4.19. The monoisotopic (exact) mass is 995 g/mol. The van der Waals surface area contributed by atoms with Gasteiger partial charge >= 0.3 is 17.9 Å². The molecule has 0 aromatic heterocycles. The van der Waals surface area contributed by atoms with Crippen molar-refractivity contribution in [3.8, 4) is 0 Å². The van der Waals surface area contributed by atoms with Crippen molar-refractivity contribution in [3.63, 3.8) is 0 Å². The van der Waals surface area contributed by atoms with Crippen molar-refractivity contribution in [3.05, 3.63) is 48.6 Å². The number of ether oxygens (including phenoxy) is 3. The van der Waals surface area contributed by atoms with E-state index in [0.29, 0.717) is 19.3 Å². The van der Waals surface area contributed by atoms with Crippen molar-refractivity contribution in [1.29, 1.82) is 0 Å². The van der Waals surface area contributed by atoms with Gasteiger partial charge in [0.2, 0.25) is 0 Å². The van der Waals surface area contributed by atoms with E-state index in [1.807, 2.05) is 0 Å². The molecule has 0 saturated heterocycles. The van der Waals surface area contributed by atoms with Gasteiger partial charge in [0, 0.05) is 19.3 Å². The Morgan fingerprint density at radius 1 is 0.282 bits per heavy atom. The smallest absolute Gasteiger partial charge is 0.306 e. The minimum Gasteiger partial charge on any atom is -0.462 e. The van der Waals surface area contributed by atoms with Gasteiger partial charge in [-0.05, 0) is 96.3 Å². The van der Waals surface area contributed by atoms with E-state index in [1.54, 1.807) is 0 Å².